The number of nitrogens with zero attached hydrogens (tertiary/aromatic N) is 3. The molecular formula is C24H38N4O2. The molecule has 2 saturated heterocycles. The van der Waals surface area contributed by atoms with Gasteiger partial charge in [0.1, 0.15) is 0 Å². The molecule has 166 valence electrons. The average Bonchev–Trinajstić information content (AvgIpc) is 3.23. The minimum absolute atomic E-state index is 0.246. The molecule has 2 unspecified atom stereocenters. The van der Waals surface area contributed by atoms with Gasteiger partial charge in [-0.05, 0) is 45.1 Å². The molecule has 2 aliphatic rings. The van der Waals surface area contributed by atoms with E-state index in [9.17, 15) is 4.79 Å². The standard InChI is InChI=1S/C24H38N4O2/c1-3-25-24(26-14-12-23(29)28-15-8-7-9-20(28)2)27-16-13-22(17-27)19-30-18-21-10-5-4-6-11-21/h4-6,10-11,20,22H,3,7-9,12-19H2,1-2H3,(H,25,26). The van der Waals surface area contributed by atoms with Crippen molar-refractivity contribution in [2.24, 2.45) is 10.9 Å². The lowest BCUT2D eigenvalue weighted by Crippen LogP contribution is -2.42. The molecule has 2 fully saturated rings. The Morgan fingerprint density at radius 1 is 1.20 bits per heavy atom. The van der Waals surface area contributed by atoms with E-state index in [1.807, 2.05) is 23.1 Å². The van der Waals surface area contributed by atoms with Crippen LogP contribution in [-0.4, -0.2) is 67.0 Å². The summed E-state index contributed by atoms with van der Waals surface area (Å²) in [5, 5.41) is 3.40. The number of amides is 1. The van der Waals surface area contributed by atoms with Crippen LogP contribution in [0.15, 0.2) is 35.3 Å². The van der Waals surface area contributed by atoms with E-state index >= 15 is 0 Å². The maximum Gasteiger partial charge on any atom is 0.224 e. The van der Waals surface area contributed by atoms with Gasteiger partial charge in [-0.3, -0.25) is 9.79 Å². The molecule has 0 aliphatic carbocycles. The number of benzene rings is 1. The second-order valence-electron chi connectivity index (χ2n) is 8.52. The molecule has 0 radical (unpaired) electrons. The van der Waals surface area contributed by atoms with Crippen molar-refractivity contribution in [3.8, 4) is 0 Å². The predicted octanol–water partition coefficient (Wildman–Crippen LogP) is 3.28. The number of aliphatic imine (C=N–C) groups is 1. The van der Waals surface area contributed by atoms with Crippen molar-refractivity contribution in [2.75, 3.05) is 39.3 Å². The van der Waals surface area contributed by atoms with Crippen LogP contribution < -0.4 is 5.32 Å². The van der Waals surface area contributed by atoms with Crippen LogP contribution in [0, 0.1) is 5.92 Å². The zero-order chi connectivity index (χ0) is 21.2. The molecule has 6 nitrogen and oxygen atoms in total. The van der Waals surface area contributed by atoms with Crippen LogP contribution in [0.1, 0.15) is 51.5 Å². The number of carbonyl (C=O) groups is 1. The summed E-state index contributed by atoms with van der Waals surface area (Å²) in [6.07, 6.45) is 5.10. The molecular weight excluding hydrogens is 376 g/mol. The summed E-state index contributed by atoms with van der Waals surface area (Å²) in [6.45, 7) is 9.93. The van der Waals surface area contributed by atoms with E-state index in [4.69, 9.17) is 9.73 Å². The largest absolute Gasteiger partial charge is 0.376 e. The molecule has 6 heteroatoms. The molecule has 2 heterocycles. The Labute approximate surface area is 181 Å². The number of piperidine rings is 1. The Morgan fingerprint density at radius 2 is 2.03 bits per heavy atom. The molecule has 2 aliphatic heterocycles. The van der Waals surface area contributed by atoms with Gasteiger partial charge in [0.05, 0.1) is 19.8 Å². The first-order valence-corrected chi connectivity index (χ1v) is 11.6. The minimum Gasteiger partial charge on any atom is -0.376 e. The first-order chi connectivity index (χ1) is 14.7. The zero-order valence-corrected chi connectivity index (χ0v) is 18.7. The van der Waals surface area contributed by atoms with Crippen LogP contribution in [-0.2, 0) is 16.1 Å². The lowest BCUT2D eigenvalue weighted by molar-refractivity contribution is -0.134. The Bertz CT molecular complexity index is 679. The van der Waals surface area contributed by atoms with Crippen molar-refractivity contribution in [2.45, 2.75) is 58.6 Å². The number of ether oxygens (including phenoxy) is 1. The Kier molecular flexibility index (Phi) is 9.00. The normalized spacial score (nSPS) is 22.4. The summed E-state index contributed by atoms with van der Waals surface area (Å²) in [6, 6.07) is 10.7. The number of hydrogen-bond acceptors (Lipinski definition) is 3. The van der Waals surface area contributed by atoms with E-state index in [1.54, 1.807) is 0 Å². The van der Waals surface area contributed by atoms with Gasteiger partial charge in [0.15, 0.2) is 5.96 Å². The van der Waals surface area contributed by atoms with E-state index in [1.165, 1.54) is 12.0 Å². The highest BCUT2D eigenvalue weighted by molar-refractivity contribution is 5.81. The van der Waals surface area contributed by atoms with Gasteiger partial charge in [-0.1, -0.05) is 30.3 Å². The SMILES string of the molecule is CCNC(=NCCC(=O)N1CCCCC1C)N1CCC(COCc2ccccc2)C1. The van der Waals surface area contributed by atoms with Gasteiger partial charge in [0.25, 0.3) is 0 Å². The average molecular weight is 415 g/mol. The van der Waals surface area contributed by atoms with Gasteiger partial charge < -0.3 is 19.9 Å². The fraction of sp³-hybridized carbons (Fsp3) is 0.667. The Morgan fingerprint density at radius 3 is 2.80 bits per heavy atom. The molecule has 0 spiro atoms. The third kappa shape index (κ3) is 6.73. The maximum absolute atomic E-state index is 12.6. The summed E-state index contributed by atoms with van der Waals surface area (Å²) in [4.78, 5) is 21.7. The monoisotopic (exact) mass is 414 g/mol. The molecule has 0 aromatic heterocycles. The summed E-state index contributed by atoms with van der Waals surface area (Å²) in [5.41, 5.74) is 1.22. The van der Waals surface area contributed by atoms with E-state index in [0.29, 0.717) is 31.5 Å². The van der Waals surface area contributed by atoms with Crippen LogP contribution in [0.2, 0.25) is 0 Å². The third-order valence-corrected chi connectivity index (χ3v) is 6.10. The fourth-order valence-electron chi connectivity index (χ4n) is 4.37. The maximum atomic E-state index is 12.6. The van der Waals surface area contributed by atoms with Gasteiger partial charge in [-0.2, -0.15) is 0 Å². The second-order valence-corrected chi connectivity index (χ2v) is 8.52. The van der Waals surface area contributed by atoms with E-state index in [0.717, 1.165) is 58.0 Å². The number of guanidine groups is 1. The van der Waals surface area contributed by atoms with Gasteiger partial charge in [0.2, 0.25) is 5.91 Å². The molecule has 30 heavy (non-hydrogen) atoms. The van der Waals surface area contributed by atoms with Crippen LogP contribution in [0.25, 0.3) is 0 Å². The Balaban J connectivity index is 1.43. The van der Waals surface area contributed by atoms with Crippen LogP contribution >= 0.6 is 0 Å². The fourth-order valence-corrected chi connectivity index (χ4v) is 4.37. The van der Waals surface area contributed by atoms with Crippen molar-refractivity contribution in [1.82, 2.24) is 15.1 Å². The highest BCUT2D eigenvalue weighted by Crippen LogP contribution is 2.19. The summed E-state index contributed by atoms with van der Waals surface area (Å²) in [5.74, 6) is 1.70. The summed E-state index contributed by atoms with van der Waals surface area (Å²) < 4.78 is 5.94. The first kappa shape index (κ1) is 22.6. The number of hydrogen-bond donors (Lipinski definition) is 1. The number of nitrogens with one attached hydrogen (secondary N) is 1. The second kappa shape index (κ2) is 11.9. The minimum atomic E-state index is 0.246. The summed E-state index contributed by atoms with van der Waals surface area (Å²) in [7, 11) is 0. The van der Waals surface area contributed by atoms with Gasteiger partial charge in [-0.25, -0.2) is 0 Å². The van der Waals surface area contributed by atoms with Crippen molar-refractivity contribution < 1.29 is 9.53 Å². The quantitative estimate of drug-likeness (QED) is 0.524. The molecule has 0 saturated carbocycles. The van der Waals surface area contributed by atoms with Crippen molar-refractivity contribution in [3.63, 3.8) is 0 Å². The molecule has 1 amide bonds. The topological polar surface area (TPSA) is 57.2 Å². The van der Waals surface area contributed by atoms with Gasteiger partial charge in [0, 0.05) is 44.6 Å². The molecule has 1 aromatic rings. The van der Waals surface area contributed by atoms with Crippen molar-refractivity contribution in [3.05, 3.63) is 35.9 Å². The molecule has 2 atom stereocenters. The highest BCUT2D eigenvalue weighted by Gasteiger charge is 2.26. The van der Waals surface area contributed by atoms with Crippen molar-refractivity contribution >= 4 is 11.9 Å². The van der Waals surface area contributed by atoms with E-state index < -0.39 is 0 Å². The summed E-state index contributed by atoms with van der Waals surface area (Å²) >= 11 is 0. The smallest absolute Gasteiger partial charge is 0.224 e. The molecule has 1 aromatic carbocycles. The van der Waals surface area contributed by atoms with Gasteiger partial charge >= 0.3 is 0 Å². The molecule has 3 rings (SSSR count). The number of likely N-dealkylation sites (tertiary alicyclic amines) is 2. The van der Waals surface area contributed by atoms with Crippen LogP contribution in [0.3, 0.4) is 0 Å². The van der Waals surface area contributed by atoms with Crippen LogP contribution in [0.5, 0.6) is 0 Å². The zero-order valence-electron chi connectivity index (χ0n) is 18.7. The van der Waals surface area contributed by atoms with Gasteiger partial charge in [-0.15, -0.1) is 0 Å². The highest BCUT2D eigenvalue weighted by atomic mass is 16.5. The van der Waals surface area contributed by atoms with Crippen molar-refractivity contribution in [1.29, 1.82) is 0 Å². The number of carbonyl (C=O) groups excluding carboxylic acids is 1. The first-order valence-electron chi connectivity index (χ1n) is 11.6. The molecule has 1 N–H and O–H groups in total. The van der Waals surface area contributed by atoms with E-state index in [2.05, 4.69) is 36.2 Å². The van der Waals surface area contributed by atoms with Crippen LogP contribution in [0.4, 0.5) is 0 Å². The predicted molar refractivity (Wildman–Crippen MR) is 121 cm³/mol. The lowest BCUT2D eigenvalue weighted by Gasteiger charge is -2.33. The lowest BCUT2D eigenvalue weighted by atomic mass is 10.0. The Hall–Kier alpha value is -2.08. The third-order valence-electron chi connectivity index (χ3n) is 6.10. The molecule has 0 bridgehead atoms. The number of rotatable bonds is 8. The van der Waals surface area contributed by atoms with E-state index in [-0.39, 0.29) is 5.91 Å².